The average Bonchev–Trinajstić information content (AvgIpc) is 2.87. The first-order valence-corrected chi connectivity index (χ1v) is 12.8. The predicted octanol–water partition coefficient (Wildman–Crippen LogP) is 4.96. The summed E-state index contributed by atoms with van der Waals surface area (Å²) in [7, 11) is 1.53. The standard InChI is InChI=1S/C28H32N2O3S/c1-20(19-21-13-15-23(16-14-21)22-9-5-4-6-10-22)29-28(32)25(17-18-34-3)30-27(31)24-11-7-8-12-26(24)33-2/h4-16,20,25H,17-19H2,1-3H3,(H,29,32)(H,30,31)/t20-,25+/m0/s1. The summed E-state index contributed by atoms with van der Waals surface area (Å²) in [5.41, 5.74) is 3.90. The zero-order valence-corrected chi connectivity index (χ0v) is 20.7. The molecule has 0 radical (unpaired) electrons. The van der Waals surface area contributed by atoms with Gasteiger partial charge in [0.25, 0.3) is 5.91 Å². The molecule has 0 saturated carbocycles. The van der Waals surface area contributed by atoms with Gasteiger partial charge < -0.3 is 15.4 Å². The van der Waals surface area contributed by atoms with Gasteiger partial charge in [0, 0.05) is 6.04 Å². The molecule has 0 aliphatic carbocycles. The monoisotopic (exact) mass is 476 g/mol. The fraction of sp³-hybridized carbons (Fsp3) is 0.286. The summed E-state index contributed by atoms with van der Waals surface area (Å²) >= 11 is 1.64. The third-order valence-corrected chi connectivity index (χ3v) is 6.22. The first kappa shape index (κ1) is 25.4. The van der Waals surface area contributed by atoms with Gasteiger partial charge in [-0.2, -0.15) is 11.8 Å². The van der Waals surface area contributed by atoms with Crippen LogP contribution in [0.15, 0.2) is 78.9 Å². The van der Waals surface area contributed by atoms with Crippen molar-refractivity contribution < 1.29 is 14.3 Å². The molecule has 2 amide bonds. The summed E-state index contributed by atoms with van der Waals surface area (Å²) in [4.78, 5) is 25.9. The molecule has 3 aromatic rings. The van der Waals surface area contributed by atoms with Gasteiger partial charge in [0.2, 0.25) is 5.91 Å². The van der Waals surface area contributed by atoms with Crippen molar-refractivity contribution in [1.29, 1.82) is 0 Å². The van der Waals surface area contributed by atoms with Crippen LogP contribution in [-0.4, -0.2) is 43.0 Å². The molecule has 178 valence electrons. The first-order valence-electron chi connectivity index (χ1n) is 11.4. The zero-order valence-electron chi connectivity index (χ0n) is 19.9. The van der Waals surface area contributed by atoms with Gasteiger partial charge >= 0.3 is 0 Å². The van der Waals surface area contributed by atoms with Gasteiger partial charge in [0.15, 0.2) is 0 Å². The maximum atomic E-state index is 13.0. The maximum absolute atomic E-state index is 13.0. The number of amides is 2. The van der Waals surface area contributed by atoms with E-state index in [1.54, 1.807) is 30.0 Å². The lowest BCUT2D eigenvalue weighted by Crippen LogP contribution is -2.49. The number of carbonyl (C=O) groups is 2. The Labute approximate surface area is 206 Å². The lowest BCUT2D eigenvalue weighted by molar-refractivity contribution is -0.123. The molecule has 2 atom stereocenters. The van der Waals surface area contributed by atoms with Crippen molar-refractivity contribution >= 4 is 23.6 Å². The highest BCUT2D eigenvalue weighted by molar-refractivity contribution is 7.98. The normalized spacial score (nSPS) is 12.4. The number of benzene rings is 3. The highest BCUT2D eigenvalue weighted by Gasteiger charge is 2.23. The molecular formula is C28H32N2O3S. The van der Waals surface area contributed by atoms with Crippen molar-refractivity contribution in [3.63, 3.8) is 0 Å². The van der Waals surface area contributed by atoms with E-state index in [0.29, 0.717) is 24.2 Å². The van der Waals surface area contributed by atoms with E-state index in [9.17, 15) is 9.59 Å². The fourth-order valence-corrected chi connectivity index (χ4v) is 4.26. The summed E-state index contributed by atoms with van der Waals surface area (Å²) in [6.45, 7) is 1.98. The Morgan fingerprint density at radius 2 is 1.53 bits per heavy atom. The zero-order chi connectivity index (χ0) is 24.3. The second kappa shape index (κ2) is 12.8. The molecule has 3 rings (SSSR count). The Balaban J connectivity index is 1.61. The van der Waals surface area contributed by atoms with Crippen molar-refractivity contribution in [2.24, 2.45) is 0 Å². The average molecular weight is 477 g/mol. The SMILES string of the molecule is COc1ccccc1C(=O)N[C@H](CCSC)C(=O)N[C@@H](C)Cc1ccc(-c2ccccc2)cc1. The van der Waals surface area contributed by atoms with Crippen LogP contribution >= 0.6 is 11.8 Å². The van der Waals surface area contributed by atoms with Crippen molar-refractivity contribution in [2.75, 3.05) is 19.1 Å². The third-order valence-electron chi connectivity index (χ3n) is 5.58. The quantitative estimate of drug-likeness (QED) is 0.410. The molecule has 0 spiro atoms. The molecule has 6 heteroatoms. The van der Waals surface area contributed by atoms with E-state index in [2.05, 4.69) is 47.0 Å². The van der Waals surface area contributed by atoms with Crippen LogP contribution < -0.4 is 15.4 Å². The fourth-order valence-electron chi connectivity index (χ4n) is 3.78. The summed E-state index contributed by atoms with van der Waals surface area (Å²) < 4.78 is 5.29. The van der Waals surface area contributed by atoms with E-state index in [4.69, 9.17) is 4.74 Å². The second-order valence-corrected chi connectivity index (χ2v) is 9.17. The number of ether oxygens (including phenoxy) is 1. The van der Waals surface area contributed by atoms with Crippen LogP contribution in [0.25, 0.3) is 11.1 Å². The van der Waals surface area contributed by atoms with Crippen LogP contribution in [-0.2, 0) is 11.2 Å². The summed E-state index contributed by atoms with van der Waals surface area (Å²) in [5, 5.41) is 5.97. The third kappa shape index (κ3) is 7.12. The topological polar surface area (TPSA) is 67.4 Å². The minimum absolute atomic E-state index is 0.0741. The molecule has 0 saturated heterocycles. The minimum atomic E-state index is -0.618. The van der Waals surface area contributed by atoms with Gasteiger partial charge in [-0.1, -0.05) is 66.7 Å². The molecule has 0 aromatic heterocycles. The number of methoxy groups -OCH3 is 1. The molecule has 0 heterocycles. The Kier molecular flexibility index (Phi) is 9.59. The number of thioether (sulfide) groups is 1. The van der Waals surface area contributed by atoms with Crippen LogP contribution in [0.1, 0.15) is 29.3 Å². The molecule has 5 nitrogen and oxygen atoms in total. The van der Waals surface area contributed by atoms with Crippen LogP contribution in [0.5, 0.6) is 5.75 Å². The number of rotatable bonds is 11. The lowest BCUT2D eigenvalue weighted by Gasteiger charge is -2.22. The highest BCUT2D eigenvalue weighted by atomic mass is 32.2. The number of para-hydroxylation sites is 1. The maximum Gasteiger partial charge on any atom is 0.255 e. The molecule has 0 fully saturated rings. The molecule has 0 aliphatic rings. The van der Waals surface area contributed by atoms with Crippen molar-refractivity contribution in [3.05, 3.63) is 90.0 Å². The van der Waals surface area contributed by atoms with Gasteiger partial charge in [0.1, 0.15) is 11.8 Å². The van der Waals surface area contributed by atoms with Crippen LogP contribution in [0.3, 0.4) is 0 Å². The Morgan fingerprint density at radius 1 is 0.882 bits per heavy atom. The van der Waals surface area contributed by atoms with Crippen LogP contribution in [0.4, 0.5) is 0 Å². The van der Waals surface area contributed by atoms with E-state index in [1.165, 1.54) is 12.7 Å². The van der Waals surface area contributed by atoms with E-state index >= 15 is 0 Å². The molecular weight excluding hydrogens is 444 g/mol. The molecule has 2 N–H and O–H groups in total. The van der Waals surface area contributed by atoms with Gasteiger partial charge in [-0.3, -0.25) is 9.59 Å². The van der Waals surface area contributed by atoms with Gasteiger partial charge in [0.05, 0.1) is 12.7 Å². The molecule has 0 bridgehead atoms. The van der Waals surface area contributed by atoms with E-state index in [1.807, 2.05) is 37.4 Å². The Bertz CT molecular complexity index is 1070. The van der Waals surface area contributed by atoms with Crippen molar-refractivity contribution in [1.82, 2.24) is 10.6 Å². The van der Waals surface area contributed by atoms with E-state index in [0.717, 1.165) is 16.9 Å². The van der Waals surface area contributed by atoms with Crippen LogP contribution in [0.2, 0.25) is 0 Å². The van der Waals surface area contributed by atoms with Crippen molar-refractivity contribution in [2.45, 2.75) is 31.8 Å². The van der Waals surface area contributed by atoms with Gasteiger partial charge in [-0.25, -0.2) is 0 Å². The first-order chi connectivity index (χ1) is 16.5. The number of carbonyl (C=O) groups excluding carboxylic acids is 2. The lowest BCUT2D eigenvalue weighted by atomic mass is 10.0. The summed E-state index contributed by atoms with van der Waals surface area (Å²) in [5.74, 6) is 0.754. The minimum Gasteiger partial charge on any atom is -0.496 e. The second-order valence-electron chi connectivity index (χ2n) is 8.18. The molecule has 3 aromatic carbocycles. The molecule has 34 heavy (non-hydrogen) atoms. The number of nitrogens with one attached hydrogen (secondary N) is 2. The van der Waals surface area contributed by atoms with E-state index in [-0.39, 0.29) is 17.9 Å². The van der Waals surface area contributed by atoms with Gasteiger partial charge in [-0.05, 0) is 60.6 Å². The molecule has 0 unspecified atom stereocenters. The number of hydrogen-bond acceptors (Lipinski definition) is 4. The van der Waals surface area contributed by atoms with Crippen LogP contribution in [0, 0.1) is 0 Å². The van der Waals surface area contributed by atoms with E-state index < -0.39 is 6.04 Å². The Morgan fingerprint density at radius 3 is 2.21 bits per heavy atom. The largest absolute Gasteiger partial charge is 0.496 e. The summed E-state index contributed by atoms with van der Waals surface area (Å²) in [6.07, 6.45) is 3.24. The van der Waals surface area contributed by atoms with Crippen molar-refractivity contribution in [3.8, 4) is 16.9 Å². The number of hydrogen-bond donors (Lipinski definition) is 2. The Hall–Kier alpha value is -3.25. The highest BCUT2D eigenvalue weighted by Crippen LogP contribution is 2.20. The summed E-state index contributed by atoms with van der Waals surface area (Å²) in [6, 6.07) is 25.0. The predicted molar refractivity (Wildman–Crippen MR) is 140 cm³/mol. The van der Waals surface area contributed by atoms with Gasteiger partial charge in [-0.15, -0.1) is 0 Å². The smallest absolute Gasteiger partial charge is 0.255 e. The molecule has 0 aliphatic heterocycles.